The molecule has 0 spiro atoms. The smallest absolute Gasteiger partial charge is 0.309 e. The molecule has 0 aliphatic heterocycles. The van der Waals surface area contributed by atoms with Crippen LogP contribution in [-0.2, 0) is 22.4 Å². The number of hydrogen-bond donors (Lipinski definition) is 3. The summed E-state index contributed by atoms with van der Waals surface area (Å²) in [5, 5.41) is 28.3. The molecule has 0 saturated heterocycles. The molecule has 0 aromatic heterocycles. The maximum absolute atomic E-state index is 11.1. The van der Waals surface area contributed by atoms with Crippen molar-refractivity contribution < 1.29 is 24.9 Å². The topological polar surface area (TPSA) is 94.8 Å². The van der Waals surface area contributed by atoms with Crippen molar-refractivity contribution in [2.24, 2.45) is 10.8 Å². The second-order valence-corrected chi connectivity index (χ2v) is 9.51. The molecule has 5 nitrogen and oxygen atoms in total. The minimum atomic E-state index is -0.748. The third-order valence-corrected chi connectivity index (χ3v) is 5.73. The molecule has 1 aromatic carbocycles. The Morgan fingerprint density at radius 2 is 1.07 bits per heavy atom. The van der Waals surface area contributed by atoms with E-state index in [2.05, 4.69) is 6.07 Å². The molecule has 29 heavy (non-hydrogen) atoms. The lowest BCUT2D eigenvalue weighted by Crippen LogP contribution is -2.23. The second kappa shape index (κ2) is 11.2. The van der Waals surface area contributed by atoms with Gasteiger partial charge in [0.1, 0.15) is 5.75 Å². The normalized spacial score (nSPS) is 12.1. The Morgan fingerprint density at radius 1 is 0.690 bits per heavy atom. The van der Waals surface area contributed by atoms with Gasteiger partial charge in [0, 0.05) is 0 Å². The molecule has 0 radical (unpaired) electrons. The van der Waals surface area contributed by atoms with Crippen LogP contribution in [0.15, 0.2) is 18.2 Å². The molecule has 0 aliphatic rings. The Kier molecular flexibility index (Phi) is 9.67. The molecule has 0 fully saturated rings. The number of phenols is 1. The molecule has 0 saturated carbocycles. The molecular formula is C24H38O5. The molecule has 5 heteroatoms. The van der Waals surface area contributed by atoms with Crippen LogP contribution in [0.2, 0.25) is 0 Å². The number of unbranched alkanes of at least 4 members (excludes halogenated alkanes) is 4. The third kappa shape index (κ3) is 9.33. The van der Waals surface area contributed by atoms with Crippen molar-refractivity contribution in [3.8, 4) is 5.75 Å². The van der Waals surface area contributed by atoms with Gasteiger partial charge in [0.25, 0.3) is 0 Å². The van der Waals surface area contributed by atoms with Crippen molar-refractivity contribution in [2.45, 2.75) is 91.9 Å². The lowest BCUT2D eigenvalue weighted by Gasteiger charge is -2.18. The largest absolute Gasteiger partial charge is 0.508 e. The Hall–Kier alpha value is -2.04. The number of aliphatic carboxylic acids is 2. The van der Waals surface area contributed by atoms with Crippen LogP contribution in [0.3, 0.4) is 0 Å². The molecule has 1 aromatic rings. The zero-order valence-corrected chi connectivity index (χ0v) is 18.5. The van der Waals surface area contributed by atoms with Crippen LogP contribution in [0.5, 0.6) is 5.75 Å². The van der Waals surface area contributed by atoms with Gasteiger partial charge >= 0.3 is 11.9 Å². The average molecular weight is 407 g/mol. The molecule has 0 heterocycles. The highest BCUT2D eigenvalue weighted by molar-refractivity contribution is 5.73. The summed E-state index contributed by atoms with van der Waals surface area (Å²) < 4.78 is 0. The summed E-state index contributed by atoms with van der Waals surface area (Å²) in [5.74, 6) is -1.21. The molecule has 0 atom stereocenters. The van der Waals surface area contributed by atoms with Gasteiger partial charge in [0.2, 0.25) is 0 Å². The Balaban J connectivity index is 2.37. The quantitative estimate of drug-likeness (QED) is 0.338. The number of carboxylic acids is 2. The van der Waals surface area contributed by atoms with Crippen molar-refractivity contribution >= 4 is 11.9 Å². The molecular weight excluding hydrogens is 368 g/mol. The summed E-state index contributed by atoms with van der Waals surface area (Å²) in [7, 11) is 0. The van der Waals surface area contributed by atoms with Crippen LogP contribution in [0.4, 0.5) is 0 Å². The number of carbonyl (C=O) groups is 2. The molecule has 164 valence electrons. The molecule has 0 amide bonds. The van der Waals surface area contributed by atoms with E-state index in [4.69, 9.17) is 10.2 Å². The van der Waals surface area contributed by atoms with Crippen molar-refractivity contribution in [3.05, 3.63) is 29.3 Å². The zero-order chi connectivity index (χ0) is 22.1. The highest BCUT2D eigenvalue weighted by atomic mass is 16.4. The van der Waals surface area contributed by atoms with Crippen molar-refractivity contribution in [2.75, 3.05) is 0 Å². The minimum Gasteiger partial charge on any atom is -0.508 e. The lowest BCUT2D eigenvalue weighted by molar-refractivity contribution is -0.148. The molecule has 0 unspecified atom stereocenters. The SMILES string of the molecule is CC(C)(CCCCCc1cc(O)cc(CCCCCC(C)(C)C(=O)O)c1)C(=O)O. The fraction of sp³-hybridized carbons (Fsp3) is 0.667. The van der Waals surface area contributed by atoms with Crippen molar-refractivity contribution in [1.29, 1.82) is 0 Å². The average Bonchev–Trinajstić information content (AvgIpc) is 2.60. The predicted molar refractivity (Wildman–Crippen MR) is 115 cm³/mol. The summed E-state index contributed by atoms with van der Waals surface area (Å²) in [5.41, 5.74) is 0.893. The highest BCUT2D eigenvalue weighted by Crippen LogP contribution is 2.26. The second-order valence-electron chi connectivity index (χ2n) is 9.51. The van der Waals surface area contributed by atoms with E-state index in [1.807, 2.05) is 0 Å². The summed E-state index contributed by atoms with van der Waals surface area (Å²) in [4.78, 5) is 22.3. The molecule has 3 N–H and O–H groups in total. The molecule has 1 rings (SSSR count). The first-order valence-electron chi connectivity index (χ1n) is 10.7. The Bertz CT molecular complexity index is 622. The van der Waals surface area contributed by atoms with Crippen LogP contribution in [0.25, 0.3) is 0 Å². The van der Waals surface area contributed by atoms with E-state index in [0.29, 0.717) is 12.8 Å². The fourth-order valence-electron chi connectivity index (χ4n) is 3.39. The predicted octanol–water partition coefficient (Wildman–Crippen LogP) is 5.82. The first-order valence-corrected chi connectivity index (χ1v) is 10.7. The van der Waals surface area contributed by atoms with Crippen LogP contribution >= 0.6 is 0 Å². The van der Waals surface area contributed by atoms with Crippen LogP contribution < -0.4 is 0 Å². The van der Waals surface area contributed by atoms with Gasteiger partial charge in [-0.15, -0.1) is 0 Å². The number of aryl methyl sites for hydroxylation is 2. The Morgan fingerprint density at radius 3 is 1.41 bits per heavy atom. The van der Waals surface area contributed by atoms with Gasteiger partial charge in [-0.05, 0) is 89.5 Å². The van der Waals surface area contributed by atoms with Gasteiger partial charge in [-0.25, -0.2) is 0 Å². The van der Waals surface area contributed by atoms with Gasteiger partial charge in [-0.3, -0.25) is 9.59 Å². The van der Waals surface area contributed by atoms with Crippen LogP contribution in [0.1, 0.15) is 90.2 Å². The van der Waals surface area contributed by atoms with Crippen LogP contribution in [-0.4, -0.2) is 27.3 Å². The maximum atomic E-state index is 11.1. The maximum Gasteiger partial charge on any atom is 0.309 e. The van der Waals surface area contributed by atoms with E-state index >= 15 is 0 Å². The van der Waals surface area contributed by atoms with E-state index in [1.54, 1.807) is 39.8 Å². The number of rotatable bonds is 14. The van der Waals surface area contributed by atoms with Gasteiger partial charge in [0.15, 0.2) is 0 Å². The van der Waals surface area contributed by atoms with Gasteiger partial charge in [0.05, 0.1) is 10.8 Å². The summed E-state index contributed by atoms with van der Waals surface area (Å²) in [6, 6.07) is 5.75. The van der Waals surface area contributed by atoms with Crippen molar-refractivity contribution in [1.82, 2.24) is 0 Å². The van der Waals surface area contributed by atoms with Gasteiger partial charge in [-0.2, -0.15) is 0 Å². The summed E-state index contributed by atoms with van der Waals surface area (Å²) >= 11 is 0. The molecule has 0 aliphatic carbocycles. The number of phenolic OH excluding ortho intramolecular Hbond substituents is 1. The number of benzene rings is 1. The fourth-order valence-corrected chi connectivity index (χ4v) is 3.39. The van der Waals surface area contributed by atoms with Gasteiger partial charge < -0.3 is 15.3 Å². The van der Waals surface area contributed by atoms with E-state index in [0.717, 1.165) is 62.5 Å². The van der Waals surface area contributed by atoms with E-state index < -0.39 is 22.8 Å². The minimum absolute atomic E-state index is 0.288. The standard InChI is InChI=1S/C24H38O5/c1-23(2,21(26)27)13-9-5-7-11-18-15-19(17-20(25)16-18)12-8-6-10-14-24(3,4)22(28)29/h15-17,25H,5-14H2,1-4H3,(H,26,27)(H,28,29). The zero-order valence-electron chi connectivity index (χ0n) is 18.5. The molecule has 0 bridgehead atoms. The van der Waals surface area contributed by atoms with Crippen LogP contribution in [0, 0.1) is 10.8 Å². The van der Waals surface area contributed by atoms with E-state index in [1.165, 1.54) is 0 Å². The number of aromatic hydroxyl groups is 1. The van der Waals surface area contributed by atoms with E-state index in [9.17, 15) is 14.7 Å². The monoisotopic (exact) mass is 406 g/mol. The highest BCUT2D eigenvalue weighted by Gasteiger charge is 2.26. The first-order chi connectivity index (χ1) is 13.4. The number of carboxylic acid groups (broad SMARTS) is 2. The van der Waals surface area contributed by atoms with Crippen molar-refractivity contribution in [3.63, 3.8) is 0 Å². The Labute approximate surface area is 175 Å². The van der Waals surface area contributed by atoms with E-state index in [-0.39, 0.29) is 5.75 Å². The summed E-state index contributed by atoms with van der Waals surface area (Å²) in [6.07, 6.45) is 8.77. The lowest BCUT2D eigenvalue weighted by atomic mass is 9.87. The third-order valence-electron chi connectivity index (χ3n) is 5.73. The van der Waals surface area contributed by atoms with Gasteiger partial charge in [-0.1, -0.05) is 31.7 Å². The number of hydrogen-bond acceptors (Lipinski definition) is 3. The first kappa shape index (κ1) is 25.0. The summed E-state index contributed by atoms with van der Waals surface area (Å²) in [6.45, 7) is 7.05.